The number of hydrazine groups is 1. The van der Waals surface area contributed by atoms with E-state index in [1.165, 1.54) is 6.34 Å². The summed E-state index contributed by atoms with van der Waals surface area (Å²) < 4.78 is 0. The Hall–Kier alpha value is -0.810. The molecule has 0 aromatic rings. The molecule has 0 bridgehead atoms. The highest BCUT2D eigenvalue weighted by atomic mass is 35.5. The first-order chi connectivity index (χ1) is 4.22. The Morgan fingerprint density at radius 2 is 2.44 bits per heavy atom. The van der Waals surface area contributed by atoms with Gasteiger partial charge in [-0.2, -0.15) is 0 Å². The largest absolute Gasteiger partial charge is 0.368 e. The third-order valence-corrected chi connectivity index (χ3v) is 1.20. The van der Waals surface area contributed by atoms with Crippen LogP contribution in [0.3, 0.4) is 0 Å². The summed E-state index contributed by atoms with van der Waals surface area (Å²) in [5.41, 5.74) is 4.62. The highest BCUT2D eigenvalue weighted by molar-refractivity contribution is 6.21. The van der Waals surface area contributed by atoms with E-state index in [4.69, 9.17) is 23.2 Å². The van der Waals surface area contributed by atoms with Gasteiger partial charge in [-0.3, -0.25) is 0 Å². The number of hydrogen-bond acceptors (Lipinski definition) is 5. The molecule has 0 aromatic carbocycles. The number of halogens is 1. The number of nitrogens with zero attached hydrogens (tertiary/aromatic N) is 3. The van der Waals surface area contributed by atoms with Crippen LogP contribution in [0.25, 0.3) is 0 Å². The predicted octanol–water partition coefficient (Wildman–Crippen LogP) is -0.959. The Morgan fingerprint density at radius 1 is 1.78 bits per heavy atom. The van der Waals surface area contributed by atoms with Crippen LogP contribution in [-0.4, -0.2) is 22.9 Å². The van der Waals surface area contributed by atoms with Crippen LogP contribution < -0.4 is 11.6 Å². The minimum absolute atomic E-state index is 0.171. The molecule has 0 amide bonds. The zero-order valence-electron chi connectivity index (χ0n) is 4.53. The van der Waals surface area contributed by atoms with Crippen molar-refractivity contribution in [3.63, 3.8) is 0 Å². The van der Waals surface area contributed by atoms with E-state index in [9.17, 15) is 0 Å². The van der Waals surface area contributed by atoms with Gasteiger partial charge in [0, 0.05) is 0 Å². The molecule has 1 heterocycles. The monoisotopic (exact) mass is 147 g/mol. The number of hydrogen-bond donors (Lipinski definition) is 2. The lowest BCUT2D eigenvalue weighted by Gasteiger charge is -2.21. The summed E-state index contributed by atoms with van der Waals surface area (Å²) in [6, 6.07) is 0. The zero-order chi connectivity index (χ0) is 6.85. The summed E-state index contributed by atoms with van der Waals surface area (Å²) >= 11 is 5.50. The first-order valence-corrected chi connectivity index (χ1v) is 2.68. The molecule has 1 atom stereocenters. The molecule has 1 aliphatic rings. The van der Waals surface area contributed by atoms with E-state index in [-0.39, 0.29) is 5.96 Å². The van der Waals surface area contributed by atoms with Gasteiger partial charge in [0.1, 0.15) is 6.34 Å². The van der Waals surface area contributed by atoms with Crippen LogP contribution in [0.5, 0.6) is 0 Å². The summed E-state index contributed by atoms with van der Waals surface area (Å²) in [7, 11) is 0. The Balaban J connectivity index is 2.73. The van der Waals surface area contributed by atoms with E-state index >= 15 is 0 Å². The second kappa shape index (κ2) is 2.20. The van der Waals surface area contributed by atoms with Gasteiger partial charge in [-0.15, -0.1) is 0 Å². The van der Waals surface area contributed by atoms with Crippen LogP contribution in [0, 0.1) is 0 Å². The van der Waals surface area contributed by atoms with Gasteiger partial charge < -0.3 is 5.73 Å². The summed E-state index contributed by atoms with van der Waals surface area (Å²) in [5, 5.41) is 1.07. The fourth-order valence-electron chi connectivity index (χ4n) is 0.395. The minimum Gasteiger partial charge on any atom is -0.368 e. The van der Waals surface area contributed by atoms with Crippen molar-refractivity contribution in [3.8, 4) is 0 Å². The SMILES string of the molecule is NC1=NC=NC(Cl)N1N. The van der Waals surface area contributed by atoms with Crippen LogP contribution >= 0.6 is 11.6 Å². The van der Waals surface area contributed by atoms with E-state index in [0.29, 0.717) is 0 Å². The van der Waals surface area contributed by atoms with Crippen molar-refractivity contribution in [2.24, 2.45) is 21.6 Å². The van der Waals surface area contributed by atoms with Gasteiger partial charge in [0.05, 0.1) is 0 Å². The number of alkyl halides is 1. The number of nitrogens with two attached hydrogens (primary N) is 2. The van der Waals surface area contributed by atoms with E-state index in [1.807, 2.05) is 0 Å². The lowest BCUT2D eigenvalue weighted by Crippen LogP contribution is -2.48. The van der Waals surface area contributed by atoms with Gasteiger partial charge in [0.2, 0.25) is 11.6 Å². The van der Waals surface area contributed by atoms with Crippen molar-refractivity contribution < 1.29 is 0 Å². The number of guanidine groups is 1. The van der Waals surface area contributed by atoms with E-state index < -0.39 is 5.62 Å². The molecular weight excluding hydrogens is 142 g/mol. The van der Waals surface area contributed by atoms with Gasteiger partial charge >= 0.3 is 0 Å². The summed E-state index contributed by atoms with van der Waals surface area (Å²) in [6.07, 6.45) is 1.27. The second-order valence-electron chi connectivity index (χ2n) is 1.47. The minimum atomic E-state index is -0.623. The first-order valence-electron chi connectivity index (χ1n) is 2.25. The summed E-state index contributed by atoms with van der Waals surface area (Å²) in [5.74, 6) is 5.42. The maximum Gasteiger partial charge on any atom is 0.214 e. The highest BCUT2D eigenvalue weighted by Crippen LogP contribution is 2.02. The quantitative estimate of drug-likeness (QED) is 0.263. The van der Waals surface area contributed by atoms with Crippen LogP contribution in [-0.2, 0) is 0 Å². The average Bonchev–Trinajstić information content (AvgIpc) is 1.83. The van der Waals surface area contributed by atoms with Crippen LogP contribution in [0.4, 0.5) is 0 Å². The Bertz CT molecular complexity index is 164. The smallest absolute Gasteiger partial charge is 0.214 e. The molecule has 0 radical (unpaired) electrons. The van der Waals surface area contributed by atoms with Crippen LogP contribution in [0.1, 0.15) is 0 Å². The van der Waals surface area contributed by atoms with Crippen LogP contribution in [0.2, 0.25) is 0 Å². The molecular formula is C3H6ClN5. The molecule has 6 heteroatoms. The summed E-state index contributed by atoms with van der Waals surface area (Å²) in [6.45, 7) is 0. The topological polar surface area (TPSA) is 80.0 Å². The molecule has 1 rings (SSSR count). The third kappa shape index (κ3) is 1.11. The van der Waals surface area contributed by atoms with Crippen molar-refractivity contribution in [2.45, 2.75) is 5.62 Å². The zero-order valence-corrected chi connectivity index (χ0v) is 5.28. The van der Waals surface area contributed by atoms with Crippen molar-refractivity contribution in [1.82, 2.24) is 5.01 Å². The molecule has 0 saturated carbocycles. The fraction of sp³-hybridized carbons (Fsp3) is 0.333. The van der Waals surface area contributed by atoms with E-state index in [0.717, 1.165) is 5.01 Å². The molecule has 4 N–H and O–H groups in total. The van der Waals surface area contributed by atoms with Gasteiger partial charge in [-0.25, -0.2) is 20.8 Å². The lowest BCUT2D eigenvalue weighted by molar-refractivity contribution is 0.407. The Morgan fingerprint density at radius 3 is 2.89 bits per heavy atom. The molecule has 50 valence electrons. The Labute approximate surface area is 57.0 Å². The molecule has 1 unspecified atom stereocenters. The molecule has 5 nitrogen and oxygen atoms in total. The molecule has 1 aliphatic heterocycles. The van der Waals surface area contributed by atoms with Gasteiger partial charge in [-0.1, -0.05) is 11.6 Å². The van der Waals surface area contributed by atoms with Crippen molar-refractivity contribution in [2.75, 3.05) is 0 Å². The molecule has 0 aliphatic carbocycles. The molecule has 0 spiro atoms. The third-order valence-electron chi connectivity index (χ3n) is 0.874. The standard InChI is InChI=1S/C3H6ClN5/c4-2-7-1-8-3(5)9(2)6/h1-2H,6H2,(H2,5,7,8). The predicted molar refractivity (Wildman–Crippen MR) is 35.8 cm³/mol. The normalized spacial score (nSPS) is 26.2. The van der Waals surface area contributed by atoms with E-state index in [1.54, 1.807) is 0 Å². The molecule has 0 aromatic heterocycles. The lowest BCUT2D eigenvalue weighted by atomic mass is 10.8. The van der Waals surface area contributed by atoms with Crippen molar-refractivity contribution in [3.05, 3.63) is 0 Å². The van der Waals surface area contributed by atoms with Gasteiger partial charge in [0.25, 0.3) is 0 Å². The van der Waals surface area contributed by atoms with Gasteiger partial charge in [-0.05, 0) is 0 Å². The number of aliphatic imine (C=N–C) groups is 2. The average molecular weight is 148 g/mol. The number of rotatable bonds is 0. The first kappa shape index (κ1) is 6.31. The van der Waals surface area contributed by atoms with Crippen molar-refractivity contribution in [1.29, 1.82) is 0 Å². The maximum absolute atomic E-state index is 5.50. The highest BCUT2D eigenvalue weighted by Gasteiger charge is 2.14. The molecule has 0 fully saturated rings. The van der Waals surface area contributed by atoms with Gasteiger partial charge in [0.15, 0.2) is 0 Å². The molecule has 9 heavy (non-hydrogen) atoms. The van der Waals surface area contributed by atoms with Crippen LogP contribution in [0.15, 0.2) is 9.98 Å². The van der Waals surface area contributed by atoms with Crippen molar-refractivity contribution >= 4 is 23.9 Å². The summed E-state index contributed by atoms with van der Waals surface area (Å²) in [4.78, 5) is 7.22. The van der Waals surface area contributed by atoms with E-state index in [2.05, 4.69) is 9.98 Å². The fourth-order valence-corrected chi connectivity index (χ4v) is 0.546. The molecule has 0 saturated heterocycles. The maximum atomic E-state index is 5.50. The second-order valence-corrected chi connectivity index (χ2v) is 1.86. The Kier molecular flexibility index (Phi) is 1.54.